The summed E-state index contributed by atoms with van der Waals surface area (Å²) in [6.45, 7) is 2.10. The number of benzene rings is 2. The molecule has 0 heterocycles. The van der Waals surface area contributed by atoms with Crippen LogP contribution >= 0.6 is 0 Å². The highest BCUT2D eigenvalue weighted by atomic mass is 16.5. The molecule has 0 radical (unpaired) electrons. The van der Waals surface area contributed by atoms with Crippen LogP contribution in [0.5, 0.6) is 5.75 Å². The molecule has 2 heteroatoms. The third kappa shape index (κ3) is 3.40. The van der Waals surface area contributed by atoms with E-state index >= 15 is 0 Å². The van der Waals surface area contributed by atoms with Gasteiger partial charge in [-0.2, -0.15) is 0 Å². The fourth-order valence-electron chi connectivity index (χ4n) is 2.62. The van der Waals surface area contributed by atoms with Gasteiger partial charge in [-0.25, -0.2) is 0 Å². The highest BCUT2D eigenvalue weighted by molar-refractivity contribution is 5.32. The molecule has 2 aromatic rings. The van der Waals surface area contributed by atoms with Crippen LogP contribution in [0.2, 0.25) is 0 Å². The van der Waals surface area contributed by atoms with Gasteiger partial charge in [0.2, 0.25) is 0 Å². The molecular weight excluding hydrogens is 248 g/mol. The zero-order valence-electron chi connectivity index (χ0n) is 12.2. The largest absolute Gasteiger partial charge is 0.497 e. The molecule has 2 nitrogen and oxygen atoms in total. The van der Waals surface area contributed by atoms with E-state index in [0.29, 0.717) is 6.42 Å². The van der Waals surface area contributed by atoms with Crippen LogP contribution in [0, 0.1) is 0 Å². The topological polar surface area (TPSA) is 29.5 Å². The number of ether oxygens (including phenoxy) is 1. The molecular formula is C18H22O2. The van der Waals surface area contributed by atoms with Gasteiger partial charge in [0.05, 0.1) is 12.7 Å². The van der Waals surface area contributed by atoms with Crippen LogP contribution < -0.4 is 4.74 Å². The van der Waals surface area contributed by atoms with Gasteiger partial charge < -0.3 is 9.84 Å². The molecule has 1 N–H and O–H groups in total. The smallest absolute Gasteiger partial charge is 0.119 e. The standard InChI is InChI=1S/C18H22O2/c1-3-12-18(19,16-9-5-4-6-10-16)14-15-8-7-11-17(13-15)20-2/h4-11,13,19H,3,12,14H2,1-2H3. The van der Waals surface area contributed by atoms with Crippen molar-refractivity contribution in [3.8, 4) is 5.75 Å². The Bertz CT molecular complexity index is 536. The van der Waals surface area contributed by atoms with Crippen molar-refractivity contribution in [3.63, 3.8) is 0 Å². The van der Waals surface area contributed by atoms with E-state index in [-0.39, 0.29) is 0 Å². The molecule has 0 saturated heterocycles. The van der Waals surface area contributed by atoms with Crippen LogP contribution in [0.15, 0.2) is 54.6 Å². The van der Waals surface area contributed by atoms with E-state index in [9.17, 15) is 5.11 Å². The summed E-state index contributed by atoms with van der Waals surface area (Å²) in [7, 11) is 1.66. The van der Waals surface area contributed by atoms with E-state index in [1.165, 1.54) is 0 Å². The Labute approximate surface area is 121 Å². The molecule has 0 amide bonds. The Kier molecular flexibility index (Phi) is 4.80. The molecule has 0 spiro atoms. The van der Waals surface area contributed by atoms with Gasteiger partial charge in [0, 0.05) is 6.42 Å². The number of rotatable bonds is 6. The van der Waals surface area contributed by atoms with Crippen LogP contribution in [0.1, 0.15) is 30.9 Å². The number of methoxy groups -OCH3 is 1. The predicted octanol–water partition coefficient (Wildman–Crippen LogP) is 3.93. The lowest BCUT2D eigenvalue weighted by Gasteiger charge is -2.29. The van der Waals surface area contributed by atoms with Crippen molar-refractivity contribution in [2.24, 2.45) is 0 Å². The van der Waals surface area contributed by atoms with Gasteiger partial charge in [-0.15, -0.1) is 0 Å². The van der Waals surface area contributed by atoms with E-state index in [4.69, 9.17) is 4.74 Å². The van der Waals surface area contributed by atoms with Crippen molar-refractivity contribution in [1.82, 2.24) is 0 Å². The molecule has 0 fully saturated rings. The van der Waals surface area contributed by atoms with Gasteiger partial charge in [0.1, 0.15) is 5.75 Å². The lowest BCUT2D eigenvalue weighted by atomic mass is 9.83. The van der Waals surface area contributed by atoms with Crippen molar-refractivity contribution in [1.29, 1.82) is 0 Å². The first-order valence-corrected chi connectivity index (χ1v) is 7.09. The highest BCUT2D eigenvalue weighted by Crippen LogP contribution is 2.31. The van der Waals surface area contributed by atoms with Crippen molar-refractivity contribution in [2.75, 3.05) is 7.11 Å². The predicted molar refractivity (Wildman–Crippen MR) is 81.9 cm³/mol. The summed E-state index contributed by atoms with van der Waals surface area (Å²) in [5.41, 5.74) is 1.25. The second-order valence-electron chi connectivity index (χ2n) is 5.18. The molecule has 106 valence electrons. The summed E-state index contributed by atoms with van der Waals surface area (Å²) < 4.78 is 5.25. The molecule has 2 rings (SSSR count). The Morgan fingerprint density at radius 3 is 2.45 bits per heavy atom. The second-order valence-corrected chi connectivity index (χ2v) is 5.18. The van der Waals surface area contributed by atoms with Gasteiger partial charge in [-0.05, 0) is 29.7 Å². The molecule has 0 aliphatic heterocycles. The maximum absolute atomic E-state index is 11.1. The fourth-order valence-corrected chi connectivity index (χ4v) is 2.62. The van der Waals surface area contributed by atoms with E-state index < -0.39 is 5.60 Å². The van der Waals surface area contributed by atoms with Crippen molar-refractivity contribution in [3.05, 3.63) is 65.7 Å². The van der Waals surface area contributed by atoms with E-state index in [0.717, 1.165) is 29.7 Å². The fraction of sp³-hybridized carbons (Fsp3) is 0.333. The maximum Gasteiger partial charge on any atom is 0.119 e. The van der Waals surface area contributed by atoms with Gasteiger partial charge >= 0.3 is 0 Å². The molecule has 1 unspecified atom stereocenters. The maximum atomic E-state index is 11.1. The van der Waals surface area contributed by atoms with E-state index in [1.54, 1.807) is 7.11 Å². The first-order chi connectivity index (χ1) is 9.68. The summed E-state index contributed by atoms with van der Waals surface area (Å²) in [6, 6.07) is 17.8. The number of hydrogen-bond donors (Lipinski definition) is 1. The summed E-state index contributed by atoms with van der Waals surface area (Å²) >= 11 is 0. The quantitative estimate of drug-likeness (QED) is 0.862. The van der Waals surface area contributed by atoms with Crippen molar-refractivity contribution >= 4 is 0 Å². The monoisotopic (exact) mass is 270 g/mol. The lowest BCUT2D eigenvalue weighted by Crippen LogP contribution is -2.28. The molecule has 1 atom stereocenters. The second kappa shape index (κ2) is 6.58. The zero-order valence-corrected chi connectivity index (χ0v) is 12.2. The Balaban J connectivity index is 2.29. The number of hydrogen-bond acceptors (Lipinski definition) is 2. The Morgan fingerprint density at radius 2 is 1.80 bits per heavy atom. The van der Waals surface area contributed by atoms with Crippen LogP contribution in [0.3, 0.4) is 0 Å². The minimum Gasteiger partial charge on any atom is -0.497 e. The minimum atomic E-state index is -0.817. The van der Waals surface area contributed by atoms with Crippen molar-refractivity contribution < 1.29 is 9.84 Å². The first-order valence-electron chi connectivity index (χ1n) is 7.09. The molecule has 0 bridgehead atoms. The summed E-state index contributed by atoms with van der Waals surface area (Å²) in [4.78, 5) is 0. The third-order valence-electron chi connectivity index (χ3n) is 3.61. The van der Waals surface area contributed by atoms with Gasteiger partial charge in [0.25, 0.3) is 0 Å². The van der Waals surface area contributed by atoms with Crippen LogP contribution in [-0.4, -0.2) is 12.2 Å². The summed E-state index contributed by atoms with van der Waals surface area (Å²) in [6.07, 6.45) is 2.28. The van der Waals surface area contributed by atoms with Crippen LogP contribution in [0.25, 0.3) is 0 Å². The van der Waals surface area contributed by atoms with E-state index in [2.05, 4.69) is 6.92 Å². The zero-order chi connectivity index (χ0) is 14.4. The SMILES string of the molecule is CCCC(O)(Cc1cccc(OC)c1)c1ccccc1. The molecule has 0 aromatic heterocycles. The minimum absolute atomic E-state index is 0.599. The average molecular weight is 270 g/mol. The molecule has 0 aliphatic rings. The summed E-state index contributed by atoms with van der Waals surface area (Å²) in [5.74, 6) is 0.828. The molecule has 0 aliphatic carbocycles. The molecule has 0 saturated carbocycles. The van der Waals surface area contributed by atoms with Gasteiger partial charge in [0.15, 0.2) is 0 Å². The molecule has 2 aromatic carbocycles. The highest BCUT2D eigenvalue weighted by Gasteiger charge is 2.28. The van der Waals surface area contributed by atoms with Crippen LogP contribution in [-0.2, 0) is 12.0 Å². The average Bonchev–Trinajstić information content (AvgIpc) is 2.48. The van der Waals surface area contributed by atoms with Gasteiger partial charge in [-0.1, -0.05) is 55.8 Å². The van der Waals surface area contributed by atoms with Crippen molar-refractivity contribution in [2.45, 2.75) is 31.8 Å². The first kappa shape index (κ1) is 14.6. The Morgan fingerprint density at radius 1 is 1.05 bits per heavy atom. The summed E-state index contributed by atoms with van der Waals surface area (Å²) in [5, 5.41) is 11.1. The van der Waals surface area contributed by atoms with E-state index in [1.807, 2.05) is 54.6 Å². The lowest BCUT2D eigenvalue weighted by molar-refractivity contribution is 0.0269. The van der Waals surface area contributed by atoms with Crippen LogP contribution in [0.4, 0.5) is 0 Å². The van der Waals surface area contributed by atoms with Gasteiger partial charge in [-0.3, -0.25) is 0 Å². The third-order valence-corrected chi connectivity index (χ3v) is 3.61. The Hall–Kier alpha value is -1.80. The normalized spacial score (nSPS) is 13.8. The molecule has 20 heavy (non-hydrogen) atoms. The number of aliphatic hydroxyl groups is 1.